The Bertz CT molecular complexity index is 692. The Labute approximate surface area is 118 Å². The van der Waals surface area contributed by atoms with Crippen molar-refractivity contribution in [2.24, 2.45) is 0 Å². The summed E-state index contributed by atoms with van der Waals surface area (Å²) in [5.74, 6) is 0. The van der Waals surface area contributed by atoms with Gasteiger partial charge in [0, 0.05) is 15.9 Å². The van der Waals surface area contributed by atoms with Crippen LogP contribution in [0.15, 0.2) is 12.1 Å². The van der Waals surface area contributed by atoms with Gasteiger partial charge in [0.2, 0.25) is 5.60 Å². The van der Waals surface area contributed by atoms with Crippen LogP contribution in [0.1, 0.15) is 29.7 Å². The number of rotatable bonds is 0. The molecule has 0 fully saturated rings. The molecule has 0 saturated carbocycles. The summed E-state index contributed by atoms with van der Waals surface area (Å²) in [6.07, 6.45) is -4.18. The predicted molar refractivity (Wildman–Crippen MR) is 70.9 cm³/mol. The lowest BCUT2D eigenvalue weighted by atomic mass is 9.82. The van der Waals surface area contributed by atoms with Crippen LogP contribution in [0.2, 0.25) is 5.02 Å². The number of halogens is 4. The second-order valence-electron chi connectivity index (χ2n) is 5.34. The third-order valence-electron chi connectivity index (χ3n) is 4.03. The molecule has 1 aliphatic carbocycles. The summed E-state index contributed by atoms with van der Waals surface area (Å²) < 4.78 is 39.6. The standard InChI is InChI=1S/C14H13ClF3NO/c1-7-5-9-8-3-2-4-13(20,14(16,17)18)12(8)19-11(9)6-10(7)15/h5-6,19-20H,2-4H2,1H3. The molecule has 1 atom stereocenters. The highest BCUT2D eigenvalue weighted by molar-refractivity contribution is 6.32. The molecule has 6 heteroatoms. The van der Waals surface area contributed by atoms with Gasteiger partial charge >= 0.3 is 6.18 Å². The molecule has 1 unspecified atom stereocenters. The van der Waals surface area contributed by atoms with Crippen molar-refractivity contribution in [3.8, 4) is 0 Å². The first-order chi connectivity index (χ1) is 9.24. The van der Waals surface area contributed by atoms with Gasteiger partial charge in [0.1, 0.15) is 0 Å². The molecule has 3 rings (SSSR count). The first-order valence-electron chi connectivity index (χ1n) is 6.34. The fourth-order valence-electron chi connectivity index (χ4n) is 2.92. The van der Waals surface area contributed by atoms with Gasteiger partial charge in [-0.3, -0.25) is 0 Å². The van der Waals surface area contributed by atoms with Gasteiger partial charge in [-0.2, -0.15) is 13.2 Å². The molecule has 0 bridgehead atoms. The zero-order valence-electron chi connectivity index (χ0n) is 10.7. The van der Waals surface area contributed by atoms with E-state index in [0.717, 1.165) is 5.56 Å². The number of benzene rings is 1. The molecule has 0 amide bonds. The van der Waals surface area contributed by atoms with E-state index in [1.54, 1.807) is 19.1 Å². The molecule has 2 N–H and O–H groups in total. The summed E-state index contributed by atoms with van der Waals surface area (Å²) in [4.78, 5) is 2.73. The van der Waals surface area contributed by atoms with Crippen LogP contribution in [-0.2, 0) is 12.0 Å². The number of hydrogen-bond acceptors (Lipinski definition) is 1. The van der Waals surface area contributed by atoms with Crippen LogP contribution < -0.4 is 0 Å². The van der Waals surface area contributed by atoms with Crippen molar-refractivity contribution < 1.29 is 18.3 Å². The molecule has 108 valence electrons. The summed E-state index contributed by atoms with van der Waals surface area (Å²) in [5, 5.41) is 11.3. The first-order valence-corrected chi connectivity index (χ1v) is 6.72. The maximum absolute atomic E-state index is 13.2. The lowest BCUT2D eigenvalue weighted by Gasteiger charge is -2.33. The van der Waals surface area contributed by atoms with Gasteiger partial charge < -0.3 is 10.1 Å². The van der Waals surface area contributed by atoms with Crippen LogP contribution >= 0.6 is 11.6 Å². The highest BCUT2D eigenvalue weighted by Gasteiger charge is 2.57. The fourth-order valence-corrected chi connectivity index (χ4v) is 3.09. The molecule has 0 radical (unpaired) electrons. The molecule has 20 heavy (non-hydrogen) atoms. The molecule has 2 aromatic rings. The maximum Gasteiger partial charge on any atom is 0.422 e. The minimum absolute atomic E-state index is 0.132. The second kappa shape index (κ2) is 4.15. The summed E-state index contributed by atoms with van der Waals surface area (Å²) in [5.41, 5.74) is -1.03. The van der Waals surface area contributed by atoms with Crippen LogP contribution in [0.5, 0.6) is 0 Å². The average Bonchev–Trinajstić information content (AvgIpc) is 2.68. The van der Waals surface area contributed by atoms with Crippen molar-refractivity contribution >= 4 is 22.5 Å². The van der Waals surface area contributed by atoms with E-state index >= 15 is 0 Å². The Kier molecular flexibility index (Phi) is 2.86. The molecular weight excluding hydrogens is 291 g/mol. The SMILES string of the molecule is Cc1cc2c3c([nH]c2cc1Cl)C(O)(C(F)(F)F)CCC3. The summed E-state index contributed by atoms with van der Waals surface area (Å²) in [6, 6.07) is 3.39. The second-order valence-corrected chi connectivity index (χ2v) is 5.74. The lowest BCUT2D eigenvalue weighted by Crippen LogP contribution is -2.45. The molecule has 2 nitrogen and oxygen atoms in total. The van der Waals surface area contributed by atoms with Gasteiger partial charge in [0.05, 0.1) is 5.69 Å². The van der Waals surface area contributed by atoms with E-state index in [1.165, 1.54) is 0 Å². The Hall–Kier alpha value is -1.20. The number of aromatic amines is 1. The highest BCUT2D eigenvalue weighted by atomic mass is 35.5. The van der Waals surface area contributed by atoms with Crippen molar-refractivity contribution in [2.45, 2.75) is 38.0 Å². The molecule has 1 heterocycles. The quantitative estimate of drug-likeness (QED) is 0.751. The van der Waals surface area contributed by atoms with Gasteiger partial charge in [-0.15, -0.1) is 0 Å². The first kappa shape index (κ1) is 13.8. The highest BCUT2D eigenvalue weighted by Crippen LogP contribution is 2.48. The minimum atomic E-state index is -4.69. The molecule has 1 aliphatic rings. The molecule has 1 aromatic carbocycles. The van der Waals surface area contributed by atoms with E-state index in [9.17, 15) is 18.3 Å². The molecule has 0 aliphatic heterocycles. The Morgan fingerprint density at radius 1 is 1.35 bits per heavy atom. The summed E-state index contributed by atoms with van der Waals surface area (Å²) >= 11 is 6.01. The number of aryl methyl sites for hydroxylation is 2. The van der Waals surface area contributed by atoms with E-state index in [2.05, 4.69) is 4.98 Å². The van der Waals surface area contributed by atoms with Crippen LogP contribution in [0.4, 0.5) is 13.2 Å². The van der Waals surface area contributed by atoms with Crippen molar-refractivity contribution in [3.63, 3.8) is 0 Å². The topological polar surface area (TPSA) is 36.0 Å². The molecule has 0 spiro atoms. The number of nitrogens with one attached hydrogen (secondary N) is 1. The third kappa shape index (κ3) is 1.76. The van der Waals surface area contributed by atoms with Gasteiger partial charge in [0.15, 0.2) is 0 Å². The van der Waals surface area contributed by atoms with Crippen molar-refractivity contribution in [1.29, 1.82) is 0 Å². The average molecular weight is 304 g/mol. The van der Waals surface area contributed by atoms with E-state index < -0.39 is 11.8 Å². The minimum Gasteiger partial charge on any atom is -0.375 e. The molecule has 0 saturated heterocycles. The van der Waals surface area contributed by atoms with E-state index in [-0.39, 0.29) is 12.1 Å². The smallest absolute Gasteiger partial charge is 0.375 e. The Morgan fingerprint density at radius 2 is 2.05 bits per heavy atom. The van der Waals surface area contributed by atoms with Crippen LogP contribution in [0.3, 0.4) is 0 Å². The maximum atomic E-state index is 13.2. The lowest BCUT2D eigenvalue weighted by molar-refractivity contribution is -0.272. The number of aromatic nitrogens is 1. The van der Waals surface area contributed by atoms with Crippen LogP contribution in [0, 0.1) is 6.92 Å². The van der Waals surface area contributed by atoms with Gasteiger partial charge in [-0.1, -0.05) is 11.6 Å². The number of H-pyrrole nitrogens is 1. The number of aliphatic hydroxyl groups is 1. The predicted octanol–water partition coefficient (Wildman–Crippen LogP) is 4.22. The normalized spacial score (nSPS) is 23.1. The largest absolute Gasteiger partial charge is 0.422 e. The van der Waals surface area contributed by atoms with Crippen LogP contribution in [-0.4, -0.2) is 16.3 Å². The number of fused-ring (bicyclic) bond motifs is 3. The van der Waals surface area contributed by atoms with Crippen molar-refractivity contribution in [2.75, 3.05) is 0 Å². The number of alkyl halides is 3. The Morgan fingerprint density at radius 3 is 2.70 bits per heavy atom. The molecule has 1 aromatic heterocycles. The van der Waals surface area contributed by atoms with Crippen LogP contribution in [0.25, 0.3) is 10.9 Å². The summed E-state index contributed by atoms with van der Waals surface area (Å²) in [6.45, 7) is 1.81. The number of hydrogen-bond donors (Lipinski definition) is 2. The van der Waals surface area contributed by atoms with E-state index in [4.69, 9.17) is 11.6 Å². The van der Waals surface area contributed by atoms with Gasteiger partial charge in [-0.25, -0.2) is 0 Å². The van der Waals surface area contributed by atoms with E-state index in [1.807, 2.05) is 0 Å². The summed E-state index contributed by atoms with van der Waals surface area (Å²) in [7, 11) is 0. The van der Waals surface area contributed by atoms with Gasteiger partial charge in [0.25, 0.3) is 0 Å². The Balaban J connectivity index is 2.31. The zero-order valence-corrected chi connectivity index (χ0v) is 11.5. The molecular formula is C14H13ClF3NO. The van der Waals surface area contributed by atoms with Crippen molar-refractivity contribution in [3.05, 3.63) is 34.0 Å². The van der Waals surface area contributed by atoms with Crippen molar-refractivity contribution in [1.82, 2.24) is 4.98 Å². The third-order valence-corrected chi connectivity index (χ3v) is 4.44. The zero-order chi connectivity index (χ0) is 14.7. The fraction of sp³-hybridized carbons (Fsp3) is 0.429. The van der Waals surface area contributed by atoms with Gasteiger partial charge in [-0.05, 0) is 49.4 Å². The monoisotopic (exact) mass is 303 g/mol. The van der Waals surface area contributed by atoms with E-state index in [0.29, 0.717) is 34.3 Å².